The normalized spacial score (nSPS) is 10.9. The third-order valence-electron chi connectivity index (χ3n) is 4.29. The van der Waals surface area contributed by atoms with Crippen LogP contribution < -0.4 is 14.8 Å². The lowest BCUT2D eigenvalue weighted by molar-refractivity contribution is -0.113. The maximum Gasteiger partial charge on any atom is 0.235 e. The number of carbonyl (C=O) groups excluding carboxylic acids is 1. The van der Waals surface area contributed by atoms with E-state index in [-0.39, 0.29) is 11.7 Å². The van der Waals surface area contributed by atoms with E-state index < -0.39 is 0 Å². The van der Waals surface area contributed by atoms with Crippen molar-refractivity contribution in [3.63, 3.8) is 0 Å². The van der Waals surface area contributed by atoms with Gasteiger partial charge in [0.1, 0.15) is 17.3 Å². The van der Waals surface area contributed by atoms with Gasteiger partial charge in [0.15, 0.2) is 0 Å². The molecule has 2 aromatic carbocycles. The van der Waals surface area contributed by atoms with E-state index in [0.29, 0.717) is 10.9 Å². The third-order valence-corrected chi connectivity index (χ3v) is 6.32. The number of aryl methyl sites for hydroxylation is 1. The van der Waals surface area contributed by atoms with E-state index in [2.05, 4.69) is 15.4 Å². The molecular weight excluding hydrogens is 420 g/mol. The number of hydrogen-bond acceptors (Lipinski definition) is 7. The van der Waals surface area contributed by atoms with E-state index in [1.54, 1.807) is 18.9 Å². The van der Waals surface area contributed by atoms with E-state index in [1.807, 2.05) is 55.5 Å². The molecule has 1 amide bonds. The Kier molecular flexibility index (Phi) is 5.91. The Hall–Kier alpha value is -3.04. The molecule has 0 spiro atoms. The molecule has 4 rings (SSSR count). The highest BCUT2D eigenvalue weighted by Gasteiger charge is 2.15. The first-order chi connectivity index (χ1) is 14.6. The van der Waals surface area contributed by atoms with E-state index >= 15 is 0 Å². The molecule has 2 heterocycles. The fourth-order valence-electron chi connectivity index (χ4n) is 2.85. The summed E-state index contributed by atoms with van der Waals surface area (Å²) >= 11 is 2.96. The molecule has 0 unspecified atom stereocenters. The standard InChI is InChI=1S/C21H20N4O3S2/c1-13-10-19(23-20(26)12-29-16-7-4-14(27-2)5-8-16)25(24-13)21-22-17-11-15(28-3)6-9-18(17)30-21/h4-11H,12H2,1-3H3,(H,23,26). The minimum absolute atomic E-state index is 0.111. The lowest BCUT2D eigenvalue weighted by Gasteiger charge is -2.07. The summed E-state index contributed by atoms with van der Waals surface area (Å²) in [6.07, 6.45) is 0. The highest BCUT2D eigenvalue weighted by atomic mass is 32.2. The monoisotopic (exact) mass is 440 g/mol. The lowest BCUT2D eigenvalue weighted by Crippen LogP contribution is -2.16. The van der Waals surface area contributed by atoms with Crippen LogP contribution in [0.1, 0.15) is 5.69 Å². The first kappa shape index (κ1) is 20.2. The first-order valence-corrected chi connectivity index (χ1v) is 10.9. The minimum Gasteiger partial charge on any atom is -0.497 e. The highest BCUT2D eigenvalue weighted by molar-refractivity contribution is 8.00. The topological polar surface area (TPSA) is 78.3 Å². The lowest BCUT2D eigenvalue weighted by atomic mass is 10.3. The smallest absolute Gasteiger partial charge is 0.235 e. The molecule has 4 aromatic rings. The molecule has 0 aliphatic heterocycles. The zero-order chi connectivity index (χ0) is 21.1. The largest absolute Gasteiger partial charge is 0.497 e. The summed E-state index contributed by atoms with van der Waals surface area (Å²) in [5.41, 5.74) is 1.62. The molecule has 30 heavy (non-hydrogen) atoms. The van der Waals surface area contributed by atoms with Gasteiger partial charge in [-0.05, 0) is 43.3 Å². The van der Waals surface area contributed by atoms with Crippen molar-refractivity contribution in [3.8, 4) is 16.6 Å². The number of amides is 1. The second-order valence-electron chi connectivity index (χ2n) is 6.43. The van der Waals surface area contributed by atoms with Crippen LogP contribution in [0.5, 0.6) is 11.5 Å². The van der Waals surface area contributed by atoms with Gasteiger partial charge in [-0.3, -0.25) is 4.79 Å². The number of anilines is 1. The Morgan fingerprint density at radius 2 is 1.83 bits per heavy atom. The summed E-state index contributed by atoms with van der Waals surface area (Å²) in [5.74, 6) is 2.31. The highest BCUT2D eigenvalue weighted by Crippen LogP contribution is 2.30. The Balaban J connectivity index is 1.49. The summed E-state index contributed by atoms with van der Waals surface area (Å²) in [7, 11) is 3.26. The number of aromatic nitrogens is 3. The number of benzene rings is 2. The summed E-state index contributed by atoms with van der Waals surface area (Å²) in [6.45, 7) is 1.88. The molecule has 0 radical (unpaired) electrons. The second-order valence-corrected chi connectivity index (χ2v) is 8.48. The number of nitrogens with one attached hydrogen (secondary N) is 1. The molecule has 0 atom stereocenters. The molecule has 7 nitrogen and oxygen atoms in total. The molecule has 1 N–H and O–H groups in total. The van der Waals surface area contributed by atoms with Gasteiger partial charge in [0.25, 0.3) is 0 Å². The number of methoxy groups -OCH3 is 2. The zero-order valence-electron chi connectivity index (χ0n) is 16.7. The number of thioether (sulfide) groups is 1. The van der Waals surface area contributed by atoms with Crippen LogP contribution in [0.2, 0.25) is 0 Å². The summed E-state index contributed by atoms with van der Waals surface area (Å²) in [5, 5.41) is 8.14. The molecule has 0 aliphatic rings. The van der Waals surface area contributed by atoms with Crippen LogP contribution in [0.15, 0.2) is 53.4 Å². The van der Waals surface area contributed by atoms with Crippen LogP contribution in [0.4, 0.5) is 5.82 Å². The molecule has 0 saturated carbocycles. The third kappa shape index (κ3) is 4.42. The average Bonchev–Trinajstić information content (AvgIpc) is 3.34. The van der Waals surface area contributed by atoms with Crippen molar-refractivity contribution in [2.24, 2.45) is 0 Å². The van der Waals surface area contributed by atoms with Gasteiger partial charge in [-0.15, -0.1) is 11.8 Å². The van der Waals surface area contributed by atoms with Crippen molar-refractivity contribution >= 4 is 45.0 Å². The quantitative estimate of drug-likeness (QED) is 0.425. The van der Waals surface area contributed by atoms with Gasteiger partial charge >= 0.3 is 0 Å². The Bertz CT molecular complexity index is 1180. The van der Waals surface area contributed by atoms with E-state index in [1.165, 1.54) is 23.1 Å². The van der Waals surface area contributed by atoms with Gasteiger partial charge in [0.05, 0.1) is 35.9 Å². The zero-order valence-corrected chi connectivity index (χ0v) is 18.3. The number of fused-ring (bicyclic) bond motifs is 1. The average molecular weight is 441 g/mol. The summed E-state index contributed by atoms with van der Waals surface area (Å²) in [4.78, 5) is 18.2. The predicted octanol–water partition coefficient (Wildman–Crippen LogP) is 4.54. The van der Waals surface area contributed by atoms with Crippen molar-refractivity contribution in [1.82, 2.24) is 14.8 Å². The maximum absolute atomic E-state index is 12.5. The molecule has 154 valence electrons. The van der Waals surface area contributed by atoms with Crippen LogP contribution in [-0.4, -0.2) is 40.6 Å². The molecule has 0 fully saturated rings. The summed E-state index contributed by atoms with van der Waals surface area (Å²) in [6, 6.07) is 15.2. The fourth-order valence-corrected chi connectivity index (χ4v) is 4.46. The molecule has 0 aliphatic carbocycles. The predicted molar refractivity (Wildman–Crippen MR) is 120 cm³/mol. The van der Waals surface area contributed by atoms with E-state index in [4.69, 9.17) is 9.47 Å². The minimum atomic E-state index is -0.111. The van der Waals surface area contributed by atoms with Crippen LogP contribution >= 0.6 is 23.1 Å². The van der Waals surface area contributed by atoms with Gasteiger partial charge in [0, 0.05) is 17.0 Å². The number of hydrogen-bond donors (Lipinski definition) is 1. The van der Waals surface area contributed by atoms with Crippen molar-refractivity contribution in [2.45, 2.75) is 11.8 Å². The number of rotatable bonds is 7. The number of ether oxygens (including phenoxy) is 2. The number of nitrogens with zero attached hydrogens (tertiary/aromatic N) is 3. The summed E-state index contributed by atoms with van der Waals surface area (Å²) < 4.78 is 13.1. The number of thiazole rings is 1. The van der Waals surface area contributed by atoms with Crippen molar-refractivity contribution in [1.29, 1.82) is 0 Å². The van der Waals surface area contributed by atoms with Crippen LogP contribution in [0.3, 0.4) is 0 Å². The van der Waals surface area contributed by atoms with Crippen molar-refractivity contribution in [2.75, 3.05) is 25.3 Å². The Labute approximate surface area is 182 Å². The Morgan fingerprint density at radius 1 is 1.10 bits per heavy atom. The molecular formula is C21H20N4O3S2. The maximum atomic E-state index is 12.5. The molecule has 0 saturated heterocycles. The van der Waals surface area contributed by atoms with Gasteiger partial charge in [-0.1, -0.05) is 11.3 Å². The Morgan fingerprint density at radius 3 is 2.57 bits per heavy atom. The van der Waals surface area contributed by atoms with E-state index in [9.17, 15) is 4.79 Å². The van der Waals surface area contributed by atoms with Gasteiger partial charge in [0.2, 0.25) is 11.0 Å². The number of carbonyl (C=O) groups is 1. The molecule has 9 heteroatoms. The van der Waals surface area contributed by atoms with Crippen molar-refractivity contribution < 1.29 is 14.3 Å². The SMILES string of the molecule is COc1ccc(SCC(=O)Nc2cc(C)nn2-c2nc3cc(OC)ccc3s2)cc1. The fraction of sp³-hybridized carbons (Fsp3) is 0.190. The van der Waals surface area contributed by atoms with Crippen LogP contribution in [0.25, 0.3) is 15.3 Å². The van der Waals surface area contributed by atoms with Gasteiger partial charge in [-0.25, -0.2) is 4.98 Å². The molecule has 0 bridgehead atoms. The van der Waals surface area contributed by atoms with Crippen molar-refractivity contribution in [3.05, 3.63) is 54.2 Å². The van der Waals surface area contributed by atoms with Crippen LogP contribution in [-0.2, 0) is 4.79 Å². The van der Waals surface area contributed by atoms with E-state index in [0.717, 1.165) is 32.3 Å². The van der Waals surface area contributed by atoms with Crippen LogP contribution in [0, 0.1) is 6.92 Å². The molecule has 2 aromatic heterocycles. The second kappa shape index (κ2) is 8.76. The van der Waals surface area contributed by atoms with Gasteiger partial charge in [-0.2, -0.15) is 9.78 Å². The van der Waals surface area contributed by atoms with Gasteiger partial charge < -0.3 is 14.8 Å². The first-order valence-electron chi connectivity index (χ1n) is 9.14.